The maximum Gasteiger partial charge on any atom is 0.337 e. The molecular weight excluding hydrogens is 375 g/mol. The Labute approximate surface area is 156 Å². The topological polar surface area (TPSA) is 92.8 Å². The summed E-state index contributed by atoms with van der Waals surface area (Å²) in [5, 5.41) is 2.57. The number of nitrogens with zero attached hydrogens (tertiary/aromatic N) is 1. The van der Waals surface area contributed by atoms with Gasteiger partial charge in [-0.3, -0.25) is 9.10 Å². The molecule has 1 N–H and O–H groups in total. The normalized spacial score (nSPS) is 10.9. The summed E-state index contributed by atoms with van der Waals surface area (Å²) in [4.78, 5) is 23.5. The van der Waals surface area contributed by atoms with Crippen molar-refractivity contribution in [3.63, 3.8) is 0 Å². The van der Waals surface area contributed by atoms with Crippen LogP contribution in [0.5, 0.6) is 0 Å². The number of carbonyl (C=O) groups excluding carboxylic acids is 2. The third-order valence-electron chi connectivity index (χ3n) is 3.65. The first-order valence-electron chi connectivity index (χ1n) is 7.92. The first-order valence-corrected chi connectivity index (χ1v) is 9.77. The van der Waals surface area contributed by atoms with Crippen LogP contribution in [-0.2, 0) is 19.6 Å². The molecule has 2 aromatic carbocycles. The fourth-order valence-electron chi connectivity index (χ4n) is 2.33. The number of rotatable bonds is 7. The molecule has 0 radical (unpaired) electrons. The summed E-state index contributed by atoms with van der Waals surface area (Å²) in [5.74, 6) is -1.38. The summed E-state index contributed by atoms with van der Waals surface area (Å²) >= 11 is 0. The van der Waals surface area contributed by atoms with E-state index in [0.29, 0.717) is 11.4 Å². The molecule has 9 heteroatoms. The second-order valence-electron chi connectivity index (χ2n) is 5.68. The number of sulfonamides is 1. The van der Waals surface area contributed by atoms with Gasteiger partial charge in [-0.15, -0.1) is 0 Å². The Balaban J connectivity index is 2.07. The number of benzene rings is 2. The lowest BCUT2D eigenvalue weighted by Gasteiger charge is -2.22. The molecule has 0 aliphatic carbocycles. The third-order valence-corrected chi connectivity index (χ3v) is 4.84. The van der Waals surface area contributed by atoms with Crippen LogP contribution in [0.15, 0.2) is 48.5 Å². The van der Waals surface area contributed by atoms with Crippen LogP contribution in [0.1, 0.15) is 16.8 Å². The average molecular weight is 394 g/mol. The van der Waals surface area contributed by atoms with E-state index in [1.54, 1.807) is 0 Å². The monoisotopic (exact) mass is 394 g/mol. The Morgan fingerprint density at radius 1 is 1.07 bits per heavy atom. The maximum atomic E-state index is 12.9. The molecule has 144 valence electrons. The van der Waals surface area contributed by atoms with Gasteiger partial charge in [-0.25, -0.2) is 17.6 Å². The van der Waals surface area contributed by atoms with E-state index in [1.807, 2.05) is 0 Å². The maximum absolute atomic E-state index is 12.9. The van der Waals surface area contributed by atoms with E-state index < -0.39 is 27.7 Å². The second-order valence-corrected chi connectivity index (χ2v) is 7.59. The molecular formula is C18H19FN2O5S. The number of nitrogens with one attached hydrogen (secondary N) is 1. The molecule has 0 atom stereocenters. The van der Waals surface area contributed by atoms with Crippen LogP contribution in [-0.4, -0.2) is 40.2 Å². The second kappa shape index (κ2) is 8.63. The summed E-state index contributed by atoms with van der Waals surface area (Å²) in [6.45, 7) is -0.0938. The highest BCUT2D eigenvalue weighted by Crippen LogP contribution is 2.19. The van der Waals surface area contributed by atoms with Gasteiger partial charge < -0.3 is 10.1 Å². The first kappa shape index (κ1) is 20.4. The Kier molecular flexibility index (Phi) is 6.51. The molecule has 7 nitrogen and oxygen atoms in total. The van der Waals surface area contributed by atoms with Gasteiger partial charge in [0, 0.05) is 18.7 Å². The first-order chi connectivity index (χ1) is 12.7. The fraction of sp³-hybridized carbons (Fsp3) is 0.222. The van der Waals surface area contributed by atoms with Gasteiger partial charge in [0.1, 0.15) is 5.82 Å². The number of carbonyl (C=O) groups is 2. The van der Waals surface area contributed by atoms with E-state index in [9.17, 15) is 22.4 Å². The number of amides is 1. The molecule has 0 fully saturated rings. The van der Waals surface area contributed by atoms with Crippen molar-refractivity contribution in [2.24, 2.45) is 0 Å². The van der Waals surface area contributed by atoms with Crippen LogP contribution < -0.4 is 9.62 Å². The van der Waals surface area contributed by atoms with Gasteiger partial charge in [0.2, 0.25) is 15.9 Å². The average Bonchev–Trinajstić information content (AvgIpc) is 2.62. The molecule has 0 saturated heterocycles. The van der Waals surface area contributed by atoms with Crippen molar-refractivity contribution in [1.29, 1.82) is 0 Å². The predicted octanol–water partition coefficient (Wildman–Crippen LogP) is 2.41. The molecule has 0 heterocycles. The number of esters is 1. The molecule has 27 heavy (non-hydrogen) atoms. The number of hydrogen-bond acceptors (Lipinski definition) is 5. The van der Waals surface area contributed by atoms with Gasteiger partial charge in [0.05, 0.1) is 24.6 Å². The lowest BCUT2D eigenvalue weighted by Crippen LogP contribution is -2.33. The zero-order valence-electron chi connectivity index (χ0n) is 14.8. The van der Waals surface area contributed by atoms with Crippen LogP contribution in [0.25, 0.3) is 0 Å². The smallest absolute Gasteiger partial charge is 0.337 e. The minimum atomic E-state index is -3.64. The van der Waals surface area contributed by atoms with Gasteiger partial charge in [0.25, 0.3) is 0 Å². The van der Waals surface area contributed by atoms with Crippen molar-refractivity contribution in [1.82, 2.24) is 0 Å². The highest BCUT2D eigenvalue weighted by atomic mass is 32.2. The molecule has 0 saturated carbocycles. The van der Waals surface area contributed by atoms with Crippen molar-refractivity contribution in [3.05, 3.63) is 59.9 Å². The highest BCUT2D eigenvalue weighted by Gasteiger charge is 2.19. The van der Waals surface area contributed by atoms with E-state index in [0.717, 1.165) is 10.6 Å². The lowest BCUT2D eigenvalue weighted by molar-refractivity contribution is -0.116. The van der Waals surface area contributed by atoms with E-state index in [2.05, 4.69) is 10.1 Å². The van der Waals surface area contributed by atoms with E-state index in [-0.39, 0.29) is 18.5 Å². The minimum absolute atomic E-state index is 0.0938. The van der Waals surface area contributed by atoms with Crippen molar-refractivity contribution >= 4 is 33.3 Å². The van der Waals surface area contributed by atoms with Gasteiger partial charge in [-0.2, -0.15) is 0 Å². The van der Waals surface area contributed by atoms with Gasteiger partial charge >= 0.3 is 5.97 Å². The zero-order chi connectivity index (χ0) is 20.0. The summed E-state index contributed by atoms with van der Waals surface area (Å²) in [6, 6.07) is 11.1. The SMILES string of the molecule is COC(=O)c1ccc(N(CCC(=O)Nc2ccc(F)cc2)S(C)(=O)=O)cc1. The summed E-state index contributed by atoms with van der Waals surface area (Å²) in [6.07, 6.45) is 0.919. The van der Waals surface area contributed by atoms with Crippen LogP contribution in [0, 0.1) is 5.82 Å². The number of halogens is 1. The number of anilines is 2. The molecule has 0 unspecified atom stereocenters. The molecule has 0 spiro atoms. The summed E-state index contributed by atoms with van der Waals surface area (Å²) < 4.78 is 42.7. The predicted molar refractivity (Wildman–Crippen MR) is 99.6 cm³/mol. The van der Waals surface area contributed by atoms with Crippen LogP contribution >= 0.6 is 0 Å². The standard InChI is InChI=1S/C18H19FN2O5S/c1-26-18(23)13-3-9-16(10-4-13)21(27(2,24)25)12-11-17(22)20-15-7-5-14(19)6-8-15/h3-10H,11-12H2,1-2H3,(H,20,22). The Morgan fingerprint density at radius 2 is 1.67 bits per heavy atom. The number of methoxy groups -OCH3 is 1. The summed E-state index contributed by atoms with van der Waals surface area (Å²) in [7, 11) is -2.39. The van der Waals surface area contributed by atoms with Crippen molar-refractivity contribution < 1.29 is 27.1 Å². The van der Waals surface area contributed by atoms with E-state index >= 15 is 0 Å². The molecule has 0 aromatic heterocycles. The Morgan fingerprint density at radius 3 is 2.19 bits per heavy atom. The fourth-order valence-corrected chi connectivity index (χ4v) is 3.26. The quantitative estimate of drug-likeness (QED) is 0.728. The molecule has 2 rings (SSSR count). The minimum Gasteiger partial charge on any atom is -0.465 e. The van der Waals surface area contributed by atoms with E-state index in [4.69, 9.17) is 0 Å². The molecule has 1 amide bonds. The van der Waals surface area contributed by atoms with Gasteiger partial charge in [-0.1, -0.05) is 0 Å². The molecule has 0 aliphatic rings. The molecule has 0 bridgehead atoms. The van der Waals surface area contributed by atoms with Crippen LogP contribution in [0.4, 0.5) is 15.8 Å². The summed E-state index contributed by atoms with van der Waals surface area (Å²) in [5.41, 5.74) is 1.01. The van der Waals surface area contributed by atoms with Crippen molar-refractivity contribution in [2.75, 3.05) is 29.5 Å². The highest BCUT2D eigenvalue weighted by molar-refractivity contribution is 7.92. The van der Waals surface area contributed by atoms with Crippen LogP contribution in [0.3, 0.4) is 0 Å². The zero-order valence-corrected chi connectivity index (χ0v) is 15.6. The number of ether oxygens (including phenoxy) is 1. The molecule has 2 aromatic rings. The van der Waals surface area contributed by atoms with Crippen LogP contribution in [0.2, 0.25) is 0 Å². The Hall–Kier alpha value is -2.94. The number of hydrogen-bond donors (Lipinski definition) is 1. The van der Waals surface area contributed by atoms with Gasteiger partial charge in [0.15, 0.2) is 0 Å². The third kappa shape index (κ3) is 5.78. The van der Waals surface area contributed by atoms with Crippen molar-refractivity contribution in [2.45, 2.75) is 6.42 Å². The molecule has 0 aliphatic heterocycles. The largest absolute Gasteiger partial charge is 0.465 e. The van der Waals surface area contributed by atoms with Crippen molar-refractivity contribution in [3.8, 4) is 0 Å². The lowest BCUT2D eigenvalue weighted by atomic mass is 10.2. The Bertz CT molecular complexity index is 912. The van der Waals surface area contributed by atoms with Gasteiger partial charge in [-0.05, 0) is 48.5 Å². The van der Waals surface area contributed by atoms with E-state index in [1.165, 1.54) is 55.6 Å².